The van der Waals surface area contributed by atoms with Crippen molar-refractivity contribution in [2.75, 3.05) is 33.7 Å². The maximum Gasteiger partial charge on any atom is 0.237 e. The first-order valence-electron chi connectivity index (χ1n) is 6.93. The quantitative estimate of drug-likeness (QED) is 0.632. The van der Waals surface area contributed by atoms with Gasteiger partial charge in [0.15, 0.2) is 0 Å². The standard InChI is InChI=1S/C13H24N4O2S/c1-15-13(19)10-4-3-7-17(10)9-6-12(18)16(2)8-5-11(14)20/h10H,3-9H2,1-2H3,(H2,14,20)(H,15,19). The summed E-state index contributed by atoms with van der Waals surface area (Å²) in [5.74, 6) is 0.0978. The predicted molar refractivity (Wildman–Crippen MR) is 82.3 cm³/mol. The molecule has 0 aromatic heterocycles. The Labute approximate surface area is 125 Å². The van der Waals surface area contributed by atoms with E-state index in [4.69, 9.17) is 18.0 Å². The maximum atomic E-state index is 12.0. The first-order chi connectivity index (χ1) is 9.45. The second-order valence-corrected chi connectivity index (χ2v) is 5.61. The number of nitrogens with one attached hydrogen (secondary N) is 1. The molecule has 1 rings (SSSR count). The van der Waals surface area contributed by atoms with Crippen LogP contribution < -0.4 is 11.1 Å². The number of hydrogen-bond acceptors (Lipinski definition) is 4. The van der Waals surface area contributed by atoms with Crippen LogP contribution in [0, 0.1) is 0 Å². The van der Waals surface area contributed by atoms with Gasteiger partial charge in [0, 0.05) is 40.0 Å². The minimum absolute atomic E-state index is 0.0387. The first kappa shape index (κ1) is 16.8. The van der Waals surface area contributed by atoms with Crippen molar-refractivity contribution in [3.8, 4) is 0 Å². The van der Waals surface area contributed by atoms with Gasteiger partial charge in [0.1, 0.15) is 0 Å². The summed E-state index contributed by atoms with van der Waals surface area (Å²) in [6.07, 6.45) is 2.83. The van der Waals surface area contributed by atoms with Crippen LogP contribution in [0.4, 0.5) is 0 Å². The zero-order valence-electron chi connectivity index (χ0n) is 12.2. The molecule has 1 aliphatic rings. The van der Waals surface area contributed by atoms with Gasteiger partial charge < -0.3 is 16.0 Å². The van der Waals surface area contributed by atoms with Crippen molar-refractivity contribution in [2.45, 2.75) is 31.7 Å². The third kappa shape index (κ3) is 5.05. The molecule has 1 unspecified atom stereocenters. The Morgan fingerprint density at radius 3 is 2.75 bits per heavy atom. The summed E-state index contributed by atoms with van der Waals surface area (Å²) in [6, 6.07) is -0.0882. The van der Waals surface area contributed by atoms with Crippen LogP contribution in [0.25, 0.3) is 0 Å². The summed E-state index contributed by atoms with van der Waals surface area (Å²) in [5, 5.41) is 2.68. The summed E-state index contributed by atoms with van der Waals surface area (Å²) in [5.41, 5.74) is 5.42. The number of amides is 2. The van der Waals surface area contributed by atoms with Crippen molar-refractivity contribution in [1.29, 1.82) is 0 Å². The fourth-order valence-electron chi connectivity index (χ4n) is 2.39. The lowest BCUT2D eigenvalue weighted by Crippen LogP contribution is -2.43. The number of thiocarbonyl (C=S) groups is 1. The number of rotatable bonds is 7. The van der Waals surface area contributed by atoms with E-state index in [2.05, 4.69) is 10.2 Å². The SMILES string of the molecule is CNC(=O)C1CCCN1CCC(=O)N(C)CCC(N)=S. The van der Waals surface area contributed by atoms with Crippen LogP contribution in [0.1, 0.15) is 25.7 Å². The van der Waals surface area contributed by atoms with Crippen LogP contribution >= 0.6 is 12.2 Å². The summed E-state index contributed by atoms with van der Waals surface area (Å²) in [4.78, 5) is 27.8. The van der Waals surface area contributed by atoms with E-state index in [0.29, 0.717) is 30.9 Å². The van der Waals surface area contributed by atoms with Gasteiger partial charge in [-0.2, -0.15) is 0 Å². The molecule has 20 heavy (non-hydrogen) atoms. The maximum absolute atomic E-state index is 12.0. The third-order valence-electron chi connectivity index (χ3n) is 3.64. The minimum atomic E-state index is -0.0882. The fraction of sp³-hybridized carbons (Fsp3) is 0.769. The van der Waals surface area contributed by atoms with Gasteiger partial charge in [-0.05, 0) is 19.4 Å². The number of nitrogens with two attached hydrogens (primary N) is 1. The van der Waals surface area contributed by atoms with Crippen LogP contribution in [-0.2, 0) is 9.59 Å². The topological polar surface area (TPSA) is 78.7 Å². The van der Waals surface area contributed by atoms with E-state index in [1.807, 2.05) is 0 Å². The Hall–Kier alpha value is -1.21. The second-order valence-electron chi connectivity index (χ2n) is 5.09. The van der Waals surface area contributed by atoms with Gasteiger partial charge in [0.2, 0.25) is 11.8 Å². The normalized spacial score (nSPS) is 18.8. The molecule has 1 heterocycles. The number of nitrogens with zero attached hydrogens (tertiary/aromatic N) is 2. The average molecular weight is 300 g/mol. The Morgan fingerprint density at radius 2 is 2.15 bits per heavy atom. The van der Waals surface area contributed by atoms with Crippen molar-refractivity contribution in [3.05, 3.63) is 0 Å². The smallest absolute Gasteiger partial charge is 0.237 e. The Morgan fingerprint density at radius 1 is 1.45 bits per heavy atom. The molecular weight excluding hydrogens is 276 g/mol. The number of carbonyl (C=O) groups is 2. The highest BCUT2D eigenvalue weighted by molar-refractivity contribution is 7.80. The van der Waals surface area contributed by atoms with Crippen LogP contribution in [0.5, 0.6) is 0 Å². The van der Waals surface area contributed by atoms with Crippen molar-refractivity contribution in [1.82, 2.24) is 15.1 Å². The van der Waals surface area contributed by atoms with Gasteiger partial charge >= 0.3 is 0 Å². The zero-order valence-corrected chi connectivity index (χ0v) is 13.0. The van der Waals surface area contributed by atoms with E-state index < -0.39 is 0 Å². The van der Waals surface area contributed by atoms with E-state index in [-0.39, 0.29) is 17.9 Å². The summed E-state index contributed by atoms with van der Waals surface area (Å²) >= 11 is 4.80. The molecule has 2 amide bonds. The molecule has 0 aromatic rings. The fourth-order valence-corrected chi connectivity index (χ4v) is 2.48. The molecule has 0 radical (unpaired) electrons. The number of likely N-dealkylation sites (tertiary alicyclic amines) is 1. The lowest BCUT2D eigenvalue weighted by atomic mass is 10.2. The molecule has 6 nitrogen and oxygen atoms in total. The van der Waals surface area contributed by atoms with Crippen LogP contribution in [0.15, 0.2) is 0 Å². The summed E-state index contributed by atoms with van der Waals surface area (Å²) in [6.45, 7) is 2.04. The molecule has 0 aromatic carbocycles. The number of hydrogen-bond donors (Lipinski definition) is 2. The molecule has 1 saturated heterocycles. The largest absolute Gasteiger partial charge is 0.393 e. The van der Waals surface area contributed by atoms with Crippen molar-refractivity contribution in [3.63, 3.8) is 0 Å². The highest BCUT2D eigenvalue weighted by Gasteiger charge is 2.30. The van der Waals surface area contributed by atoms with Crippen LogP contribution in [-0.4, -0.2) is 66.4 Å². The molecule has 0 saturated carbocycles. The van der Waals surface area contributed by atoms with Gasteiger partial charge in [0.05, 0.1) is 11.0 Å². The summed E-state index contributed by atoms with van der Waals surface area (Å²) < 4.78 is 0. The summed E-state index contributed by atoms with van der Waals surface area (Å²) in [7, 11) is 3.40. The van der Waals surface area contributed by atoms with Crippen molar-refractivity contribution in [2.24, 2.45) is 5.73 Å². The second kappa shape index (κ2) is 8.16. The van der Waals surface area contributed by atoms with E-state index in [1.54, 1.807) is 19.0 Å². The Balaban J connectivity index is 2.36. The van der Waals surface area contributed by atoms with Gasteiger partial charge in [-0.1, -0.05) is 12.2 Å². The van der Waals surface area contributed by atoms with Gasteiger partial charge in [-0.15, -0.1) is 0 Å². The Bertz CT molecular complexity index is 375. The lowest BCUT2D eigenvalue weighted by Gasteiger charge is -2.24. The Kier molecular flexibility index (Phi) is 6.87. The third-order valence-corrected chi connectivity index (χ3v) is 3.85. The predicted octanol–water partition coefficient (Wildman–Crippen LogP) is -0.278. The van der Waals surface area contributed by atoms with Gasteiger partial charge in [-0.3, -0.25) is 14.5 Å². The number of carbonyl (C=O) groups excluding carboxylic acids is 2. The van der Waals surface area contributed by atoms with Crippen LogP contribution in [0.3, 0.4) is 0 Å². The molecule has 1 atom stereocenters. The van der Waals surface area contributed by atoms with Crippen molar-refractivity contribution >= 4 is 29.0 Å². The van der Waals surface area contributed by atoms with E-state index in [1.165, 1.54) is 0 Å². The van der Waals surface area contributed by atoms with E-state index >= 15 is 0 Å². The molecule has 0 aliphatic carbocycles. The molecule has 1 aliphatic heterocycles. The lowest BCUT2D eigenvalue weighted by molar-refractivity contribution is -0.131. The van der Waals surface area contributed by atoms with E-state index in [0.717, 1.165) is 19.4 Å². The molecule has 114 valence electrons. The molecule has 0 spiro atoms. The van der Waals surface area contributed by atoms with E-state index in [9.17, 15) is 9.59 Å². The number of likely N-dealkylation sites (N-methyl/N-ethyl adjacent to an activating group) is 1. The monoisotopic (exact) mass is 300 g/mol. The van der Waals surface area contributed by atoms with Gasteiger partial charge in [-0.25, -0.2) is 0 Å². The highest BCUT2D eigenvalue weighted by atomic mass is 32.1. The zero-order chi connectivity index (χ0) is 15.1. The molecular formula is C13H24N4O2S. The molecule has 1 fully saturated rings. The molecule has 7 heteroatoms. The molecule has 0 bridgehead atoms. The minimum Gasteiger partial charge on any atom is -0.393 e. The van der Waals surface area contributed by atoms with Gasteiger partial charge in [0.25, 0.3) is 0 Å². The average Bonchev–Trinajstić information content (AvgIpc) is 2.89. The highest BCUT2D eigenvalue weighted by Crippen LogP contribution is 2.17. The molecule has 3 N–H and O–H groups in total. The van der Waals surface area contributed by atoms with Crippen molar-refractivity contribution < 1.29 is 9.59 Å². The van der Waals surface area contributed by atoms with Crippen LogP contribution in [0.2, 0.25) is 0 Å². The first-order valence-corrected chi connectivity index (χ1v) is 7.34.